The van der Waals surface area contributed by atoms with Crippen LogP contribution in [0.1, 0.15) is 27.9 Å². The molecule has 0 radical (unpaired) electrons. The fourth-order valence-electron chi connectivity index (χ4n) is 1.92. The van der Waals surface area contributed by atoms with Crippen molar-refractivity contribution in [3.8, 4) is 0 Å². The zero-order valence-electron chi connectivity index (χ0n) is 9.34. The van der Waals surface area contributed by atoms with Crippen LogP contribution in [0.2, 0.25) is 0 Å². The van der Waals surface area contributed by atoms with E-state index >= 15 is 0 Å². The molecule has 2 rings (SSSR count). The predicted octanol–water partition coefficient (Wildman–Crippen LogP) is 0.981. The third-order valence-electron chi connectivity index (χ3n) is 2.81. The van der Waals surface area contributed by atoms with Gasteiger partial charge in [-0.25, -0.2) is 13.4 Å². The number of aliphatic carboxylic acids is 1. The van der Waals surface area contributed by atoms with Crippen LogP contribution in [0.5, 0.6) is 0 Å². The second-order valence-electron chi connectivity index (χ2n) is 4.23. The minimum atomic E-state index is -2.92. The van der Waals surface area contributed by atoms with Gasteiger partial charge in [0.1, 0.15) is 0 Å². The Hall–Kier alpha value is -0.950. The lowest BCUT2D eigenvalue weighted by atomic mass is 10.1. The molecule has 0 bridgehead atoms. The van der Waals surface area contributed by atoms with Gasteiger partial charge in [-0.15, -0.1) is 11.3 Å². The van der Waals surface area contributed by atoms with Gasteiger partial charge in [0.2, 0.25) is 0 Å². The maximum Gasteiger partial charge on any atom is 0.309 e. The second kappa shape index (κ2) is 4.38. The smallest absolute Gasteiger partial charge is 0.309 e. The molecule has 1 atom stereocenters. The van der Waals surface area contributed by atoms with Crippen molar-refractivity contribution in [3.63, 3.8) is 0 Å². The normalized spacial score (nSPS) is 22.8. The van der Waals surface area contributed by atoms with Crippen LogP contribution in [-0.2, 0) is 21.1 Å². The summed E-state index contributed by atoms with van der Waals surface area (Å²) in [5.41, 5.74) is 0.557. The van der Waals surface area contributed by atoms with Gasteiger partial charge in [0, 0.05) is 10.8 Å². The lowest BCUT2D eigenvalue weighted by Crippen LogP contribution is -2.05. The highest BCUT2D eigenvalue weighted by Gasteiger charge is 2.31. The third-order valence-corrected chi connectivity index (χ3v) is 5.75. The van der Waals surface area contributed by atoms with E-state index in [-0.39, 0.29) is 23.8 Å². The van der Waals surface area contributed by atoms with Gasteiger partial charge >= 0.3 is 5.97 Å². The van der Waals surface area contributed by atoms with Crippen LogP contribution >= 0.6 is 11.3 Å². The summed E-state index contributed by atoms with van der Waals surface area (Å²) in [6.45, 7) is 1.82. The molecule has 1 saturated heterocycles. The summed E-state index contributed by atoms with van der Waals surface area (Å²) in [5.74, 6) is -0.605. The quantitative estimate of drug-likeness (QED) is 0.889. The molecule has 5 nitrogen and oxygen atoms in total. The van der Waals surface area contributed by atoms with Gasteiger partial charge in [-0.2, -0.15) is 0 Å². The van der Waals surface area contributed by atoms with Gasteiger partial charge in [-0.1, -0.05) is 0 Å². The molecule has 17 heavy (non-hydrogen) atoms. The van der Waals surface area contributed by atoms with Crippen LogP contribution in [0.25, 0.3) is 0 Å². The van der Waals surface area contributed by atoms with Crippen LogP contribution in [0.4, 0.5) is 0 Å². The Kier molecular flexibility index (Phi) is 3.22. The molecule has 1 N–H and O–H groups in total. The summed E-state index contributed by atoms with van der Waals surface area (Å²) in [5, 5.41) is 9.48. The van der Waals surface area contributed by atoms with E-state index in [2.05, 4.69) is 4.98 Å². The average molecular weight is 275 g/mol. The van der Waals surface area contributed by atoms with Crippen molar-refractivity contribution in [2.24, 2.45) is 0 Å². The first-order chi connectivity index (χ1) is 7.87. The second-order valence-corrected chi connectivity index (χ2v) is 7.69. The molecule has 7 heteroatoms. The van der Waals surface area contributed by atoms with E-state index < -0.39 is 15.8 Å². The molecule has 1 unspecified atom stereocenters. The highest BCUT2D eigenvalue weighted by Crippen LogP contribution is 2.32. The van der Waals surface area contributed by atoms with Crippen molar-refractivity contribution in [2.75, 3.05) is 11.5 Å². The summed E-state index contributed by atoms with van der Waals surface area (Å²) in [6.07, 6.45) is 0.504. The first-order valence-electron chi connectivity index (χ1n) is 5.26. The highest BCUT2D eigenvalue weighted by molar-refractivity contribution is 7.91. The van der Waals surface area contributed by atoms with E-state index in [0.29, 0.717) is 12.1 Å². The molecule has 0 saturated carbocycles. The fraction of sp³-hybridized carbons (Fsp3) is 0.600. The number of thiazole rings is 1. The number of carbonyl (C=O) groups is 1. The van der Waals surface area contributed by atoms with Gasteiger partial charge in [0.05, 0.1) is 28.6 Å². The Balaban J connectivity index is 2.21. The Morgan fingerprint density at radius 2 is 2.29 bits per heavy atom. The molecule has 0 aromatic carbocycles. The van der Waals surface area contributed by atoms with Gasteiger partial charge in [0.25, 0.3) is 0 Å². The standard InChI is InChI=1S/C10H13NO4S2/c1-6-8(4-9(12)13)11-10(16-6)7-2-3-17(14,15)5-7/h7H,2-5H2,1H3,(H,12,13). The van der Waals surface area contributed by atoms with Crippen molar-refractivity contribution < 1.29 is 18.3 Å². The molecule has 1 aliphatic rings. The first kappa shape index (κ1) is 12.5. The summed E-state index contributed by atoms with van der Waals surface area (Å²) in [6, 6.07) is 0. The maximum atomic E-state index is 11.4. The van der Waals surface area contributed by atoms with Gasteiger partial charge in [-0.05, 0) is 13.3 Å². The number of nitrogens with zero attached hydrogens (tertiary/aromatic N) is 1. The Labute approximate surface area is 103 Å². The van der Waals surface area contributed by atoms with Gasteiger partial charge in [0.15, 0.2) is 9.84 Å². The van der Waals surface area contributed by atoms with E-state index in [1.165, 1.54) is 11.3 Å². The lowest BCUT2D eigenvalue weighted by Gasteiger charge is -2.00. The van der Waals surface area contributed by atoms with E-state index in [9.17, 15) is 13.2 Å². The van der Waals surface area contributed by atoms with Crippen LogP contribution in [-0.4, -0.2) is 36.0 Å². The predicted molar refractivity (Wildman–Crippen MR) is 64.2 cm³/mol. The molecule has 0 amide bonds. The van der Waals surface area contributed by atoms with Gasteiger partial charge in [-0.3, -0.25) is 4.79 Å². The zero-order valence-corrected chi connectivity index (χ0v) is 11.0. The number of sulfone groups is 1. The highest BCUT2D eigenvalue weighted by atomic mass is 32.2. The molecule has 1 aromatic heterocycles. The Morgan fingerprint density at radius 3 is 2.82 bits per heavy atom. The molecular formula is C10H13NO4S2. The summed E-state index contributed by atoms with van der Waals surface area (Å²) in [4.78, 5) is 15.8. The van der Waals surface area contributed by atoms with Crippen molar-refractivity contribution in [1.82, 2.24) is 4.98 Å². The average Bonchev–Trinajstić information content (AvgIpc) is 2.70. The van der Waals surface area contributed by atoms with E-state index in [0.717, 1.165) is 9.88 Å². The lowest BCUT2D eigenvalue weighted by molar-refractivity contribution is -0.136. The maximum absolute atomic E-state index is 11.4. The van der Waals surface area contributed by atoms with Crippen molar-refractivity contribution in [3.05, 3.63) is 15.6 Å². The number of aromatic nitrogens is 1. The molecule has 0 aliphatic carbocycles. The molecule has 1 aliphatic heterocycles. The topological polar surface area (TPSA) is 84.3 Å². The monoisotopic (exact) mass is 275 g/mol. The number of hydrogen-bond acceptors (Lipinski definition) is 5. The Morgan fingerprint density at radius 1 is 1.59 bits per heavy atom. The minimum absolute atomic E-state index is 0.0498. The fourth-order valence-corrected chi connectivity index (χ4v) is 4.85. The number of carboxylic acids is 1. The van der Waals surface area contributed by atoms with E-state index in [1.54, 1.807) is 0 Å². The molecule has 94 valence electrons. The molecule has 1 fully saturated rings. The zero-order chi connectivity index (χ0) is 12.6. The summed E-state index contributed by atoms with van der Waals surface area (Å²) < 4.78 is 22.7. The minimum Gasteiger partial charge on any atom is -0.481 e. The van der Waals surface area contributed by atoms with E-state index in [4.69, 9.17) is 5.11 Å². The van der Waals surface area contributed by atoms with E-state index in [1.807, 2.05) is 6.92 Å². The number of rotatable bonds is 3. The molecule has 2 heterocycles. The largest absolute Gasteiger partial charge is 0.481 e. The van der Waals surface area contributed by atoms with Crippen LogP contribution in [0.3, 0.4) is 0 Å². The Bertz CT molecular complexity index is 547. The molecular weight excluding hydrogens is 262 g/mol. The van der Waals surface area contributed by atoms with Crippen LogP contribution < -0.4 is 0 Å². The summed E-state index contributed by atoms with van der Waals surface area (Å²) >= 11 is 1.42. The first-order valence-corrected chi connectivity index (χ1v) is 7.89. The molecule has 0 spiro atoms. The SMILES string of the molecule is Cc1sc(C2CCS(=O)(=O)C2)nc1CC(=O)O. The van der Waals surface area contributed by atoms with Gasteiger partial charge < -0.3 is 5.11 Å². The molecule has 1 aromatic rings. The van der Waals surface area contributed by atoms with Crippen LogP contribution in [0, 0.1) is 6.92 Å². The number of aryl methyl sites for hydroxylation is 1. The number of hydrogen-bond donors (Lipinski definition) is 1. The van der Waals surface area contributed by atoms with Crippen molar-refractivity contribution >= 4 is 27.1 Å². The number of carboxylic acid groups (broad SMARTS) is 1. The summed E-state index contributed by atoms with van der Waals surface area (Å²) in [7, 11) is -2.92. The van der Waals surface area contributed by atoms with Crippen molar-refractivity contribution in [2.45, 2.75) is 25.7 Å². The van der Waals surface area contributed by atoms with Crippen molar-refractivity contribution in [1.29, 1.82) is 0 Å². The van der Waals surface area contributed by atoms with Crippen LogP contribution in [0.15, 0.2) is 0 Å². The third kappa shape index (κ3) is 2.84.